The maximum atomic E-state index is 5.97. The molecule has 3 heterocycles. The lowest BCUT2D eigenvalue weighted by atomic mass is 10.1. The minimum atomic E-state index is 0.286. The van der Waals surface area contributed by atoms with E-state index in [9.17, 15) is 0 Å². The van der Waals surface area contributed by atoms with Crippen molar-refractivity contribution < 1.29 is 4.74 Å². The van der Waals surface area contributed by atoms with E-state index in [1.165, 1.54) is 5.69 Å². The molecule has 1 aliphatic heterocycles. The molecule has 3 aromatic rings. The van der Waals surface area contributed by atoms with Gasteiger partial charge < -0.3 is 20.3 Å². The van der Waals surface area contributed by atoms with Crippen LogP contribution in [0.1, 0.15) is 11.3 Å². The minimum Gasteiger partial charge on any atom is -0.470 e. The molecule has 2 N–H and O–H groups in total. The highest BCUT2D eigenvalue weighted by Gasteiger charge is 2.14. The van der Waals surface area contributed by atoms with Crippen LogP contribution in [0.4, 0.5) is 11.5 Å². The van der Waals surface area contributed by atoms with E-state index < -0.39 is 0 Å². The van der Waals surface area contributed by atoms with Gasteiger partial charge in [-0.15, -0.1) is 0 Å². The summed E-state index contributed by atoms with van der Waals surface area (Å²) >= 11 is 0. The molecule has 2 aromatic heterocycles. The molecule has 29 heavy (non-hydrogen) atoms. The number of nitrogens with zero attached hydrogens (tertiary/aromatic N) is 5. The van der Waals surface area contributed by atoms with Crippen molar-refractivity contribution in [2.45, 2.75) is 13.5 Å². The first-order valence-corrected chi connectivity index (χ1v) is 9.79. The fourth-order valence-corrected chi connectivity index (χ4v) is 3.38. The van der Waals surface area contributed by atoms with Crippen LogP contribution < -0.4 is 15.4 Å². The van der Waals surface area contributed by atoms with Crippen LogP contribution in [0.5, 0.6) is 5.88 Å². The Morgan fingerprint density at radius 3 is 2.52 bits per heavy atom. The second-order valence-electron chi connectivity index (χ2n) is 7.38. The van der Waals surface area contributed by atoms with Gasteiger partial charge in [0, 0.05) is 49.3 Å². The summed E-state index contributed by atoms with van der Waals surface area (Å²) < 4.78 is 5.83. The Hall–Kier alpha value is -3.19. The molecule has 1 fully saturated rings. The number of aromatic nitrogens is 3. The van der Waals surface area contributed by atoms with Crippen molar-refractivity contribution in [3.05, 3.63) is 60.0 Å². The quantitative estimate of drug-likeness (QED) is 0.717. The maximum absolute atomic E-state index is 5.97. The molecule has 1 aromatic carbocycles. The number of nitrogens with two attached hydrogens (primary N) is 1. The number of likely N-dealkylation sites (N-methyl/N-ethyl adjacent to an activating group) is 1. The molecule has 0 aliphatic carbocycles. The molecule has 0 spiro atoms. The van der Waals surface area contributed by atoms with Crippen LogP contribution in [0, 0.1) is 6.92 Å². The Kier molecular flexibility index (Phi) is 5.57. The lowest BCUT2D eigenvalue weighted by Gasteiger charge is -2.34. The topological polar surface area (TPSA) is 80.4 Å². The maximum Gasteiger partial charge on any atom is 0.258 e. The summed E-state index contributed by atoms with van der Waals surface area (Å²) in [6.07, 6.45) is 3.45. The molecule has 0 bridgehead atoms. The number of ether oxygens (including phenoxy) is 1. The van der Waals surface area contributed by atoms with E-state index >= 15 is 0 Å². The van der Waals surface area contributed by atoms with Gasteiger partial charge in [0.2, 0.25) is 0 Å². The number of benzene rings is 1. The first kappa shape index (κ1) is 19.1. The highest BCUT2D eigenvalue weighted by atomic mass is 16.5. The van der Waals surface area contributed by atoms with E-state index in [1.54, 1.807) is 12.4 Å². The van der Waals surface area contributed by atoms with E-state index in [2.05, 4.69) is 56.1 Å². The van der Waals surface area contributed by atoms with Crippen molar-refractivity contribution in [2.75, 3.05) is 43.9 Å². The highest BCUT2D eigenvalue weighted by Crippen LogP contribution is 2.26. The van der Waals surface area contributed by atoms with E-state index in [0.717, 1.165) is 48.7 Å². The zero-order valence-corrected chi connectivity index (χ0v) is 16.9. The van der Waals surface area contributed by atoms with Gasteiger partial charge >= 0.3 is 0 Å². The van der Waals surface area contributed by atoms with Crippen molar-refractivity contribution in [2.24, 2.45) is 0 Å². The smallest absolute Gasteiger partial charge is 0.258 e. The number of rotatable bonds is 5. The van der Waals surface area contributed by atoms with Crippen LogP contribution in [0.3, 0.4) is 0 Å². The van der Waals surface area contributed by atoms with E-state index in [4.69, 9.17) is 10.5 Å². The lowest BCUT2D eigenvalue weighted by molar-refractivity contribution is 0.295. The van der Waals surface area contributed by atoms with Gasteiger partial charge in [-0.1, -0.05) is 12.1 Å². The molecule has 4 rings (SSSR count). The van der Waals surface area contributed by atoms with Gasteiger partial charge in [-0.3, -0.25) is 4.98 Å². The van der Waals surface area contributed by atoms with Crippen molar-refractivity contribution in [3.63, 3.8) is 0 Å². The van der Waals surface area contributed by atoms with Crippen molar-refractivity contribution in [1.82, 2.24) is 19.9 Å². The summed E-state index contributed by atoms with van der Waals surface area (Å²) in [5.41, 5.74) is 10.9. The number of nitrogen functional groups attached to an aromatic ring is 1. The van der Waals surface area contributed by atoms with Crippen molar-refractivity contribution >= 4 is 11.5 Å². The van der Waals surface area contributed by atoms with E-state index in [-0.39, 0.29) is 5.82 Å². The second kappa shape index (κ2) is 8.45. The summed E-state index contributed by atoms with van der Waals surface area (Å²) in [5.74, 6) is 0.633. The van der Waals surface area contributed by atoms with E-state index in [0.29, 0.717) is 12.5 Å². The summed E-state index contributed by atoms with van der Waals surface area (Å²) in [6, 6.07) is 12.3. The number of pyridine rings is 1. The van der Waals surface area contributed by atoms with E-state index in [1.807, 2.05) is 19.1 Å². The molecule has 150 valence electrons. The molecular weight excluding hydrogens is 364 g/mol. The largest absolute Gasteiger partial charge is 0.470 e. The Labute approximate surface area is 171 Å². The second-order valence-corrected chi connectivity index (χ2v) is 7.38. The van der Waals surface area contributed by atoms with Gasteiger partial charge in [-0.25, -0.2) is 9.97 Å². The first-order chi connectivity index (χ1) is 14.1. The minimum absolute atomic E-state index is 0.286. The molecule has 1 aliphatic rings. The zero-order valence-electron chi connectivity index (χ0n) is 16.9. The summed E-state index contributed by atoms with van der Waals surface area (Å²) in [6.45, 7) is 6.58. The number of anilines is 2. The third-order valence-corrected chi connectivity index (χ3v) is 5.14. The van der Waals surface area contributed by atoms with Gasteiger partial charge in [0.15, 0.2) is 5.82 Å². The predicted octanol–water partition coefficient (Wildman–Crippen LogP) is 2.76. The van der Waals surface area contributed by atoms with Gasteiger partial charge in [0.25, 0.3) is 5.88 Å². The highest BCUT2D eigenvalue weighted by molar-refractivity contribution is 5.64. The fourth-order valence-electron chi connectivity index (χ4n) is 3.38. The third kappa shape index (κ3) is 4.63. The summed E-state index contributed by atoms with van der Waals surface area (Å²) in [4.78, 5) is 17.8. The molecule has 7 nitrogen and oxygen atoms in total. The van der Waals surface area contributed by atoms with Gasteiger partial charge in [-0.2, -0.15) is 0 Å². The Balaban J connectivity index is 1.48. The van der Waals surface area contributed by atoms with Crippen LogP contribution in [-0.4, -0.2) is 53.1 Å². The van der Waals surface area contributed by atoms with Crippen LogP contribution >= 0.6 is 0 Å². The third-order valence-electron chi connectivity index (χ3n) is 5.14. The number of piperazine rings is 1. The van der Waals surface area contributed by atoms with Crippen molar-refractivity contribution in [3.8, 4) is 17.1 Å². The number of hydrogen-bond acceptors (Lipinski definition) is 7. The molecule has 0 unspecified atom stereocenters. The molecule has 1 saturated heterocycles. The standard InChI is InChI=1S/C22H26N6O/c1-16-13-17(7-8-24-16)15-29-22-21(23)25-14-20(26-22)18-3-5-19(6-4-18)28-11-9-27(2)10-12-28/h3-8,13-14H,9-12,15H2,1-2H3,(H2,23,25). The van der Waals surface area contributed by atoms with Crippen LogP contribution in [0.2, 0.25) is 0 Å². The first-order valence-electron chi connectivity index (χ1n) is 9.79. The summed E-state index contributed by atoms with van der Waals surface area (Å²) in [7, 11) is 2.16. The average molecular weight is 390 g/mol. The van der Waals surface area contributed by atoms with Gasteiger partial charge in [0.05, 0.1) is 11.9 Å². The van der Waals surface area contributed by atoms with Crippen LogP contribution in [0.25, 0.3) is 11.3 Å². The predicted molar refractivity (Wildman–Crippen MR) is 115 cm³/mol. The Morgan fingerprint density at radius 2 is 1.79 bits per heavy atom. The lowest BCUT2D eigenvalue weighted by Crippen LogP contribution is -2.44. The monoisotopic (exact) mass is 390 g/mol. The van der Waals surface area contributed by atoms with Crippen molar-refractivity contribution in [1.29, 1.82) is 0 Å². The zero-order chi connectivity index (χ0) is 20.2. The fraction of sp³-hybridized carbons (Fsp3) is 0.318. The van der Waals surface area contributed by atoms with Crippen LogP contribution in [0.15, 0.2) is 48.8 Å². The summed E-state index contributed by atoms with van der Waals surface area (Å²) in [5, 5.41) is 0. The molecule has 0 radical (unpaired) electrons. The molecule has 0 saturated carbocycles. The molecule has 0 amide bonds. The van der Waals surface area contributed by atoms with Gasteiger partial charge in [-0.05, 0) is 43.8 Å². The SMILES string of the molecule is Cc1cc(COc2nc(-c3ccc(N4CCN(C)CC4)cc3)cnc2N)ccn1. The number of hydrogen-bond donors (Lipinski definition) is 1. The van der Waals surface area contributed by atoms with Gasteiger partial charge in [0.1, 0.15) is 6.61 Å². The molecular formula is C22H26N6O. The average Bonchev–Trinajstić information content (AvgIpc) is 2.74. The number of aryl methyl sites for hydroxylation is 1. The Morgan fingerprint density at radius 1 is 1.03 bits per heavy atom. The normalized spacial score (nSPS) is 14.8. The Bertz CT molecular complexity index is 967. The molecule has 0 atom stereocenters. The van der Waals surface area contributed by atoms with Crippen LogP contribution in [-0.2, 0) is 6.61 Å². The molecule has 7 heteroatoms.